The Balaban J connectivity index is 1.19. The Labute approximate surface area is 270 Å². The van der Waals surface area contributed by atoms with Gasteiger partial charge in [0.25, 0.3) is 0 Å². The molecule has 232 valence electrons. The van der Waals surface area contributed by atoms with E-state index in [0.717, 1.165) is 47.1 Å². The number of Topliss-reactive ketones (excluding diaryl/α,β-unsaturated/α-hetero) is 1. The number of hydrogen-bond donors (Lipinski definition) is 0. The molecule has 4 aromatic rings. The highest BCUT2D eigenvalue weighted by Crippen LogP contribution is 2.44. The number of aryl methyl sites for hydroxylation is 1. The Morgan fingerprint density at radius 2 is 1.54 bits per heavy atom. The Hall–Kier alpha value is -4.94. The van der Waals surface area contributed by atoms with Crippen molar-refractivity contribution in [1.29, 1.82) is 0 Å². The van der Waals surface area contributed by atoms with Gasteiger partial charge < -0.3 is 19.5 Å². The van der Waals surface area contributed by atoms with Gasteiger partial charge in [-0.25, -0.2) is 0 Å². The molecule has 4 aromatic carbocycles. The standard InChI is InChI=1S/C40H38N2O4/c1-25(2)21-27(4)42(30-13-9-26(3)10-14-30)31-15-11-28(12-16-31)37-39(43)38(40(37)44)35-22-41(36-8-6-5-7-34(35)36)29-17-19-32(20-18-29)45-23-33-24-46-33/h5-20,22,25,27,33H,21,23-24H2,1-4H3. The van der Waals surface area contributed by atoms with Crippen LogP contribution < -0.4 is 19.3 Å². The Morgan fingerprint density at radius 3 is 2.17 bits per heavy atom. The largest absolute Gasteiger partial charge is 0.871 e. The number of fused-ring (bicyclic) bond motifs is 1. The summed E-state index contributed by atoms with van der Waals surface area (Å²) in [7, 11) is 0. The minimum Gasteiger partial charge on any atom is -0.871 e. The first kappa shape index (κ1) is 29.8. The van der Waals surface area contributed by atoms with Crippen LogP contribution in [0.1, 0.15) is 43.9 Å². The third-order valence-electron chi connectivity index (χ3n) is 8.84. The van der Waals surface area contributed by atoms with Crippen LogP contribution in [0.4, 0.5) is 22.7 Å². The van der Waals surface area contributed by atoms with Gasteiger partial charge in [-0.15, -0.1) is 0 Å². The van der Waals surface area contributed by atoms with Gasteiger partial charge in [0.1, 0.15) is 18.5 Å². The van der Waals surface area contributed by atoms with Gasteiger partial charge in [-0.1, -0.05) is 61.6 Å². The van der Waals surface area contributed by atoms with Gasteiger partial charge in [-0.2, -0.15) is 4.58 Å². The molecule has 2 unspecified atom stereocenters. The van der Waals surface area contributed by atoms with Crippen molar-refractivity contribution in [1.82, 2.24) is 4.58 Å². The first-order valence-corrected chi connectivity index (χ1v) is 16.0. The number of benzene rings is 4. The highest BCUT2D eigenvalue weighted by atomic mass is 16.6. The molecule has 1 aliphatic carbocycles. The van der Waals surface area contributed by atoms with Gasteiger partial charge in [0.05, 0.1) is 17.7 Å². The lowest BCUT2D eigenvalue weighted by atomic mass is 9.80. The number of hydrogen-bond acceptors (Lipinski definition) is 5. The summed E-state index contributed by atoms with van der Waals surface area (Å²) in [6.07, 6.45) is 3.12. The third-order valence-corrected chi connectivity index (χ3v) is 8.84. The van der Waals surface area contributed by atoms with Crippen LogP contribution in [0.5, 0.6) is 5.75 Å². The van der Waals surface area contributed by atoms with Gasteiger partial charge >= 0.3 is 0 Å². The quantitative estimate of drug-likeness (QED) is 0.107. The molecule has 2 aliphatic heterocycles. The summed E-state index contributed by atoms with van der Waals surface area (Å²) in [6.45, 7) is 10.1. The van der Waals surface area contributed by atoms with E-state index < -0.39 is 0 Å². The minimum atomic E-state index is -0.213. The van der Waals surface area contributed by atoms with Crippen molar-refractivity contribution in [3.8, 4) is 5.75 Å². The van der Waals surface area contributed by atoms with Crippen LogP contribution in [-0.2, 0) is 9.53 Å². The predicted molar refractivity (Wildman–Crippen MR) is 183 cm³/mol. The molecule has 0 bridgehead atoms. The average molecular weight is 611 g/mol. The van der Waals surface area contributed by atoms with Gasteiger partial charge in [0.2, 0.25) is 11.4 Å². The second-order valence-electron chi connectivity index (χ2n) is 12.8. The molecule has 1 saturated heterocycles. The molecular formula is C40H38N2O4. The molecule has 3 aliphatic rings. The highest BCUT2D eigenvalue weighted by molar-refractivity contribution is 6.44. The molecule has 46 heavy (non-hydrogen) atoms. The second kappa shape index (κ2) is 12.1. The van der Waals surface area contributed by atoms with Crippen LogP contribution in [0.2, 0.25) is 0 Å². The van der Waals surface area contributed by atoms with E-state index in [9.17, 15) is 9.90 Å². The zero-order valence-corrected chi connectivity index (χ0v) is 26.7. The predicted octanol–water partition coefficient (Wildman–Crippen LogP) is 7.37. The lowest BCUT2D eigenvalue weighted by Crippen LogP contribution is -2.31. The molecule has 0 aromatic heterocycles. The number of allylic oxidation sites excluding steroid dienone is 3. The van der Waals surface area contributed by atoms with E-state index in [1.807, 2.05) is 83.6 Å². The molecule has 0 saturated carbocycles. The van der Waals surface area contributed by atoms with Crippen LogP contribution in [0, 0.1) is 12.8 Å². The van der Waals surface area contributed by atoms with Gasteiger partial charge in [-0.3, -0.25) is 4.79 Å². The summed E-state index contributed by atoms with van der Waals surface area (Å²) >= 11 is 0. The Bertz CT molecular complexity index is 1880. The maximum absolute atomic E-state index is 13.7. The van der Waals surface area contributed by atoms with Crippen LogP contribution in [0.3, 0.4) is 0 Å². The number of para-hydroxylation sites is 1. The zero-order valence-electron chi connectivity index (χ0n) is 26.7. The fourth-order valence-electron chi connectivity index (χ4n) is 6.49. The highest BCUT2D eigenvalue weighted by Gasteiger charge is 2.37. The molecule has 1 fully saturated rings. The lowest BCUT2D eigenvalue weighted by molar-refractivity contribution is -0.297. The summed E-state index contributed by atoms with van der Waals surface area (Å²) in [5.74, 6) is 0.894. The Kier molecular flexibility index (Phi) is 7.83. The number of rotatable bonds is 10. The minimum absolute atomic E-state index is 0.191. The molecule has 0 radical (unpaired) electrons. The number of carbonyl (C=O) groups excluding carboxylic acids is 1. The molecule has 2 atom stereocenters. The van der Waals surface area contributed by atoms with E-state index in [4.69, 9.17) is 9.47 Å². The summed E-state index contributed by atoms with van der Waals surface area (Å²) in [4.78, 5) is 16.0. The molecule has 6 nitrogen and oxygen atoms in total. The molecule has 7 rings (SSSR count). The Morgan fingerprint density at radius 1 is 0.891 bits per heavy atom. The zero-order chi connectivity index (χ0) is 31.9. The van der Waals surface area contributed by atoms with Gasteiger partial charge in [0, 0.05) is 46.8 Å². The van der Waals surface area contributed by atoms with E-state index in [-0.39, 0.29) is 34.8 Å². The summed E-state index contributed by atoms with van der Waals surface area (Å²) in [5.41, 5.74) is 7.88. The number of ether oxygens (including phenoxy) is 2. The summed E-state index contributed by atoms with van der Waals surface area (Å²) < 4.78 is 13.1. The molecule has 0 spiro atoms. The topological polar surface area (TPSA) is 68.1 Å². The maximum Gasteiger partial charge on any atom is 0.219 e. The number of anilines is 2. The smallest absolute Gasteiger partial charge is 0.219 e. The molecule has 6 heteroatoms. The summed E-state index contributed by atoms with van der Waals surface area (Å²) in [5, 5.41) is 13.7. The van der Waals surface area contributed by atoms with Crippen molar-refractivity contribution in [2.24, 2.45) is 5.92 Å². The third kappa shape index (κ3) is 5.65. The van der Waals surface area contributed by atoms with Crippen molar-refractivity contribution < 1.29 is 19.4 Å². The molecule has 0 amide bonds. The van der Waals surface area contributed by atoms with Crippen LogP contribution >= 0.6 is 0 Å². The normalized spacial score (nSPS) is 19.1. The van der Waals surface area contributed by atoms with Crippen molar-refractivity contribution in [2.45, 2.75) is 46.3 Å². The van der Waals surface area contributed by atoms with Gasteiger partial charge in [0.15, 0.2) is 12.0 Å². The molecule has 2 heterocycles. The van der Waals surface area contributed by atoms with E-state index in [1.165, 1.54) is 5.56 Å². The van der Waals surface area contributed by atoms with Crippen molar-refractivity contribution in [3.05, 3.63) is 125 Å². The van der Waals surface area contributed by atoms with Crippen LogP contribution in [-0.4, -0.2) is 37.4 Å². The number of nitrogens with zero attached hydrogens (tertiary/aromatic N) is 2. The van der Waals surface area contributed by atoms with Crippen LogP contribution in [0.25, 0.3) is 11.1 Å². The first-order chi connectivity index (χ1) is 22.3. The fourth-order valence-corrected chi connectivity index (χ4v) is 6.49. The second-order valence-corrected chi connectivity index (χ2v) is 12.8. The van der Waals surface area contributed by atoms with E-state index in [1.54, 1.807) is 0 Å². The number of carbonyl (C=O) groups is 1. The van der Waals surface area contributed by atoms with Crippen LogP contribution in [0.15, 0.2) is 108 Å². The van der Waals surface area contributed by atoms with E-state index >= 15 is 0 Å². The average Bonchev–Trinajstić information content (AvgIpc) is 3.82. The van der Waals surface area contributed by atoms with Crippen molar-refractivity contribution >= 4 is 45.9 Å². The van der Waals surface area contributed by atoms with E-state index in [2.05, 4.69) is 56.9 Å². The SMILES string of the molecule is Cc1ccc(N(c2ccc(C3=C([O-])/C(=C4/C=[N+](c5ccc(OCC6CO6)cc5)c5ccccc54)C3=O)cc2)C(C)CC(C)C)cc1. The lowest BCUT2D eigenvalue weighted by Gasteiger charge is -2.34. The number of ketones is 1. The van der Waals surface area contributed by atoms with E-state index in [0.29, 0.717) is 23.7 Å². The first-order valence-electron chi connectivity index (χ1n) is 16.0. The fraction of sp³-hybridized carbons (Fsp3) is 0.250. The molecular weight excluding hydrogens is 572 g/mol. The van der Waals surface area contributed by atoms with Gasteiger partial charge in [-0.05, 0) is 74.2 Å². The monoisotopic (exact) mass is 610 g/mol. The number of epoxide rings is 1. The van der Waals surface area contributed by atoms with Crippen molar-refractivity contribution in [3.63, 3.8) is 0 Å². The maximum atomic E-state index is 13.7. The summed E-state index contributed by atoms with van der Waals surface area (Å²) in [6, 6.07) is 32.4. The molecule has 0 N–H and O–H groups in total. The van der Waals surface area contributed by atoms with Crippen molar-refractivity contribution in [2.75, 3.05) is 18.1 Å².